The number of ether oxygens (including phenoxy) is 1. The molecular weight excluding hydrogens is 338 g/mol. The topological polar surface area (TPSA) is 72.0 Å². The third-order valence-electron chi connectivity index (χ3n) is 3.54. The zero-order valence-corrected chi connectivity index (χ0v) is 14.7. The lowest BCUT2D eigenvalue weighted by atomic mass is 10.2. The van der Waals surface area contributed by atoms with Crippen molar-refractivity contribution in [3.63, 3.8) is 0 Å². The number of nitrogens with one attached hydrogen (secondary N) is 2. The molecular formula is C18H18ClN5O. The molecule has 0 aliphatic carbocycles. The fraction of sp³-hybridized carbons (Fsp3) is 0.167. The summed E-state index contributed by atoms with van der Waals surface area (Å²) in [6.07, 6.45) is 1.56. The van der Waals surface area contributed by atoms with Gasteiger partial charge in [-0.2, -0.15) is 10.1 Å². The van der Waals surface area contributed by atoms with Gasteiger partial charge in [0, 0.05) is 11.6 Å². The molecule has 0 amide bonds. The van der Waals surface area contributed by atoms with Gasteiger partial charge in [-0.1, -0.05) is 29.8 Å². The second kappa shape index (κ2) is 7.81. The highest BCUT2D eigenvalue weighted by Crippen LogP contribution is 2.27. The van der Waals surface area contributed by atoms with Crippen LogP contribution in [-0.4, -0.2) is 22.3 Å². The zero-order chi connectivity index (χ0) is 17.6. The molecule has 0 unspecified atom stereocenters. The number of methoxy groups -OCH3 is 1. The zero-order valence-electron chi connectivity index (χ0n) is 14.0. The number of aryl methyl sites for hydroxylation is 1. The summed E-state index contributed by atoms with van der Waals surface area (Å²) in [5.41, 5.74) is 3.02. The van der Waals surface area contributed by atoms with Gasteiger partial charge in [-0.05, 0) is 42.3 Å². The lowest BCUT2D eigenvalue weighted by Gasteiger charge is -2.12. The Kier molecular flexibility index (Phi) is 5.30. The summed E-state index contributed by atoms with van der Waals surface area (Å²) in [4.78, 5) is 4.43. The van der Waals surface area contributed by atoms with Gasteiger partial charge < -0.3 is 15.4 Å². The predicted molar refractivity (Wildman–Crippen MR) is 99.6 cm³/mol. The van der Waals surface area contributed by atoms with E-state index in [4.69, 9.17) is 16.3 Å². The highest BCUT2D eigenvalue weighted by atomic mass is 35.5. The Hall–Kier alpha value is -2.86. The van der Waals surface area contributed by atoms with Crippen LogP contribution < -0.4 is 15.4 Å². The molecule has 0 atom stereocenters. The van der Waals surface area contributed by atoms with E-state index in [1.165, 1.54) is 0 Å². The second-order valence-corrected chi connectivity index (χ2v) is 5.91. The van der Waals surface area contributed by atoms with Crippen molar-refractivity contribution < 1.29 is 4.74 Å². The maximum atomic E-state index is 5.89. The van der Waals surface area contributed by atoms with Crippen LogP contribution in [0.3, 0.4) is 0 Å². The molecule has 128 valence electrons. The van der Waals surface area contributed by atoms with Gasteiger partial charge >= 0.3 is 0 Å². The fourth-order valence-electron chi connectivity index (χ4n) is 2.28. The van der Waals surface area contributed by atoms with Gasteiger partial charge in [-0.3, -0.25) is 0 Å². The highest BCUT2D eigenvalue weighted by molar-refractivity contribution is 6.30. The number of anilines is 3. The number of rotatable bonds is 6. The van der Waals surface area contributed by atoms with E-state index in [0.29, 0.717) is 23.3 Å². The molecule has 3 rings (SSSR count). The molecule has 6 nitrogen and oxygen atoms in total. The minimum atomic E-state index is 0.437. The number of hydrogen-bond acceptors (Lipinski definition) is 6. The van der Waals surface area contributed by atoms with E-state index < -0.39 is 0 Å². The first-order chi connectivity index (χ1) is 12.1. The van der Waals surface area contributed by atoms with Gasteiger partial charge in [0.2, 0.25) is 5.95 Å². The highest BCUT2D eigenvalue weighted by Gasteiger charge is 2.06. The average Bonchev–Trinajstić information content (AvgIpc) is 2.62. The monoisotopic (exact) mass is 355 g/mol. The Morgan fingerprint density at radius 3 is 2.68 bits per heavy atom. The fourth-order valence-corrected chi connectivity index (χ4v) is 2.41. The van der Waals surface area contributed by atoms with Crippen molar-refractivity contribution in [1.29, 1.82) is 0 Å². The molecule has 1 aromatic heterocycles. The van der Waals surface area contributed by atoms with E-state index in [1.807, 2.05) is 49.4 Å². The summed E-state index contributed by atoms with van der Waals surface area (Å²) < 4.78 is 5.37. The Bertz CT molecular complexity index is 854. The third kappa shape index (κ3) is 4.58. The molecule has 2 N–H and O–H groups in total. The maximum Gasteiger partial charge on any atom is 0.244 e. The van der Waals surface area contributed by atoms with Crippen molar-refractivity contribution in [3.8, 4) is 5.75 Å². The van der Waals surface area contributed by atoms with Crippen molar-refractivity contribution in [2.24, 2.45) is 0 Å². The average molecular weight is 356 g/mol. The van der Waals surface area contributed by atoms with Crippen molar-refractivity contribution in [2.75, 3.05) is 17.7 Å². The molecule has 0 saturated carbocycles. The van der Waals surface area contributed by atoms with Gasteiger partial charge in [0.1, 0.15) is 5.75 Å². The second-order valence-electron chi connectivity index (χ2n) is 5.47. The van der Waals surface area contributed by atoms with E-state index >= 15 is 0 Å². The Morgan fingerprint density at radius 1 is 1.12 bits per heavy atom. The minimum Gasteiger partial charge on any atom is -0.495 e. The first kappa shape index (κ1) is 17.0. The van der Waals surface area contributed by atoms with Crippen LogP contribution in [0.4, 0.5) is 17.5 Å². The Labute approximate surface area is 151 Å². The van der Waals surface area contributed by atoms with Gasteiger partial charge in [0.25, 0.3) is 0 Å². The van der Waals surface area contributed by atoms with Crippen LogP contribution in [0, 0.1) is 6.92 Å². The van der Waals surface area contributed by atoms with E-state index in [1.54, 1.807) is 13.3 Å². The molecule has 3 aromatic rings. The molecule has 0 aliphatic rings. The van der Waals surface area contributed by atoms with Crippen molar-refractivity contribution >= 4 is 29.1 Å². The number of nitrogens with zero attached hydrogens (tertiary/aromatic N) is 3. The summed E-state index contributed by atoms with van der Waals surface area (Å²) in [6.45, 7) is 2.60. The molecule has 0 bridgehead atoms. The van der Waals surface area contributed by atoms with E-state index in [0.717, 1.165) is 22.6 Å². The number of halogens is 1. The van der Waals surface area contributed by atoms with Crippen molar-refractivity contribution in [3.05, 3.63) is 64.8 Å². The summed E-state index contributed by atoms with van der Waals surface area (Å²) in [5.74, 6) is 1.75. The van der Waals surface area contributed by atoms with E-state index in [-0.39, 0.29) is 0 Å². The van der Waals surface area contributed by atoms with Crippen LogP contribution in [0.5, 0.6) is 5.75 Å². The van der Waals surface area contributed by atoms with Crippen LogP contribution in [0.1, 0.15) is 11.1 Å². The van der Waals surface area contributed by atoms with Crippen molar-refractivity contribution in [1.82, 2.24) is 15.2 Å². The number of aromatic nitrogens is 3. The minimum absolute atomic E-state index is 0.437. The largest absolute Gasteiger partial charge is 0.495 e. The standard InChI is InChI=1S/C18H18ClN5O/c1-12-3-8-16(25-2)15(9-12)22-17-11-21-24-18(23-17)20-10-13-4-6-14(19)7-5-13/h3-9,11H,10H2,1-2H3,(H2,20,22,23,24). The van der Waals surface area contributed by atoms with Gasteiger partial charge in [-0.25, -0.2) is 0 Å². The first-order valence-corrected chi connectivity index (χ1v) is 8.11. The summed E-state index contributed by atoms with van der Waals surface area (Å²) in [5, 5.41) is 15.1. The molecule has 25 heavy (non-hydrogen) atoms. The lowest BCUT2D eigenvalue weighted by Crippen LogP contribution is -2.06. The van der Waals surface area contributed by atoms with E-state index in [2.05, 4.69) is 25.8 Å². The molecule has 0 saturated heterocycles. The molecule has 0 radical (unpaired) electrons. The van der Waals surface area contributed by atoms with Crippen LogP contribution in [-0.2, 0) is 6.54 Å². The van der Waals surface area contributed by atoms with Crippen LogP contribution in [0.15, 0.2) is 48.7 Å². The quantitative estimate of drug-likeness (QED) is 0.690. The van der Waals surface area contributed by atoms with Gasteiger partial charge in [-0.15, -0.1) is 5.10 Å². The Balaban J connectivity index is 1.71. The smallest absolute Gasteiger partial charge is 0.244 e. The number of hydrogen-bond donors (Lipinski definition) is 2. The van der Waals surface area contributed by atoms with Crippen LogP contribution >= 0.6 is 11.6 Å². The lowest BCUT2D eigenvalue weighted by molar-refractivity contribution is 0.416. The SMILES string of the molecule is COc1ccc(C)cc1Nc1cnnc(NCc2ccc(Cl)cc2)n1. The van der Waals surface area contributed by atoms with Gasteiger partial charge in [0.05, 0.1) is 19.0 Å². The van der Waals surface area contributed by atoms with Crippen LogP contribution in [0.2, 0.25) is 5.02 Å². The molecule has 1 heterocycles. The van der Waals surface area contributed by atoms with Gasteiger partial charge in [0.15, 0.2) is 5.82 Å². The molecule has 0 aliphatic heterocycles. The summed E-state index contributed by atoms with van der Waals surface area (Å²) in [6, 6.07) is 13.5. The summed E-state index contributed by atoms with van der Waals surface area (Å²) in [7, 11) is 1.63. The molecule has 2 aromatic carbocycles. The maximum absolute atomic E-state index is 5.89. The molecule has 0 fully saturated rings. The van der Waals surface area contributed by atoms with Crippen molar-refractivity contribution in [2.45, 2.75) is 13.5 Å². The molecule has 0 spiro atoms. The first-order valence-electron chi connectivity index (χ1n) is 7.74. The normalized spacial score (nSPS) is 10.4. The third-order valence-corrected chi connectivity index (χ3v) is 3.79. The Morgan fingerprint density at radius 2 is 1.92 bits per heavy atom. The summed E-state index contributed by atoms with van der Waals surface area (Å²) >= 11 is 5.89. The molecule has 7 heteroatoms. The predicted octanol–water partition coefficient (Wildman–Crippen LogP) is 4.20. The van der Waals surface area contributed by atoms with E-state index in [9.17, 15) is 0 Å². The number of benzene rings is 2. The van der Waals surface area contributed by atoms with Crippen LogP contribution in [0.25, 0.3) is 0 Å².